The zero-order valence-electron chi connectivity index (χ0n) is 16.4. The Morgan fingerprint density at radius 1 is 1.18 bits per heavy atom. The summed E-state index contributed by atoms with van der Waals surface area (Å²) in [4.78, 5) is 2.33. The van der Waals surface area contributed by atoms with Crippen LogP contribution < -0.4 is 14.2 Å². The number of rotatable bonds is 8. The van der Waals surface area contributed by atoms with E-state index in [1.807, 2.05) is 29.9 Å². The van der Waals surface area contributed by atoms with Crippen molar-refractivity contribution in [2.24, 2.45) is 7.05 Å². The topological polar surface area (TPSA) is 82.0 Å². The molecular formula is C19H27N3O5S. The molecule has 1 unspecified atom stereocenters. The van der Waals surface area contributed by atoms with Gasteiger partial charge in [0.15, 0.2) is 0 Å². The number of nitrogens with zero attached hydrogens (tertiary/aromatic N) is 2. The lowest BCUT2D eigenvalue weighted by molar-refractivity contribution is 0.0158. The molecule has 0 bridgehead atoms. The first kappa shape index (κ1) is 20.7. The lowest BCUT2D eigenvalue weighted by Gasteiger charge is -2.35. The molecule has 2 aromatic rings. The number of nitrogens with one attached hydrogen (secondary N) is 1. The van der Waals surface area contributed by atoms with Gasteiger partial charge in [0.25, 0.3) is 0 Å². The standard InChI is InChI=1S/C19H27N3O5S/c1-21-8-4-5-16(21)17(22-9-11-27-12-10-22)14-20-28(23,24)19-7-6-15(25-2)13-18(19)26-3/h4-8,13,17,20H,9-12,14H2,1-3H3. The highest BCUT2D eigenvalue weighted by Gasteiger charge is 2.27. The van der Waals surface area contributed by atoms with Gasteiger partial charge in [-0.25, -0.2) is 13.1 Å². The van der Waals surface area contributed by atoms with E-state index in [-0.39, 0.29) is 23.2 Å². The molecule has 0 radical (unpaired) electrons. The van der Waals surface area contributed by atoms with Crippen molar-refractivity contribution in [2.75, 3.05) is 47.1 Å². The molecule has 1 saturated heterocycles. The Bertz CT molecular complexity index is 891. The fraction of sp³-hybridized carbons (Fsp3) is 0.474. The van der Waals surface area contributed by atoms with Gasteiger partial charge in [0.05, 0.1) is 33.5 Å². The van der Waals surface area contributed by atoms with E-state index < -0.39 is 10.0 Å². The van der Waals surface area contributed by atoms with Crippen LogP contribution in [0.4, 0.5) is 0 Å². The van der Waals surface area contributed by atoms with E-state index in [1.165, 1.54) is 20.3 Å². The Labute approximate surface area is 166 Å². The number of hydrogen-bond acceptors (Lipinski definition) is 6. The maximum absolute atomic E-state index is 13.0. The Morgan fingerprint density at radius 3 is 2.54 bits per heavy atom. The summed E-state index contributed by atoms with van der Waals surface area (Å²) in [5.41, 5.74) is 1.05. The Morgan fingerprint density at radius 2 is 1.93 bits per heavy atom. The highest BCUT2D eigenvalue weighted by Crippen LogP contribution is 2.29. The molecule has 1 atom stereocenters. The monoisotopic (exact) mass is 409 g/mol. The van der Waals surface area contributed by atoms with Gasteiger partial charge in [0.1, 0.15) is 16.4 Å². The van der Waals surface area contributed by atoms with Gasteiger partial charge >= 0.3 is 0 Å². The quantitative estimate of drug-likeness (QED) is 0.710. The predicted molar refractivity (Wildman–Crippen MR) is 105 cm³/mol. The van der Waals surface area contributed by atoms with Gasteiger partial charge in [-0.3, -0.25) is 4.90 Å². The van der Waals surface area contributed by atoms with Gasteiger partial charge < -0.3 is 18.8 Å². The number of benzene rings is 1. The molecule has 1 fully saturated rings. The first-order valence-corrected chi connectivity index (χ1v) is 10.6. The van der Waals surface area contributed by atoms with E-state index in [4.69, 9.17) is 14.2 Å². The molecule has 8 nitrogen and oxygen atoms in total. The summed E-state index contributed by atoms with van der Waals surface area (Å²) in [5.74, 6) is 0.777. The van der Waals surface area contributed by atoms with Crippen molar-refractivity contribution < 1.29 is 22.6 Å². The van der Waals surface area contributed by atoms with E-state index in [1.54, 1.807) is 12.1 Å². The second kappa shape index (κ2) is 8.95. The fourth-order valence-corrected chi connectivity index (χ4v) is 4.58. The van der Waals surface area contributed by atoms with Gasteiger partial charge in [-0.2, -0.15) is 0 Å². The number of aryl methyl sites for hydroxylation is 1. The van der Waals surface area contributed by atoms with Crippen molar-refractivity contribution in [1.82, 2.24) is 14.2 Å². The molecule has 9 heteroatoms. The van der Waals surface area contributed by atoms with Gasteiger partial charge in [-0.15, -0.1) is 0 Å². The maximum atomic E-state index is 13.0. The normalized spacial score (nSPS) is 16.7. The van der Waals surface area contributed by atoms with E-state index in [2.05, 4.69) is 9.62 Å². The Hall–Kier alpha value is -2.07. The molecule has 0 amide bonds. The zero-order chi connectivity index (χ0) is 20.1. The van der Waals surface area contributed by atoms with E-state index in [9.17, 15) is 8.42 Å². The molecule has 1 aromatic heterocycles. The number of ether oxygens (including phenoxy) is 3. The molecule has 1 aliphatic rings. The second-order valence-electron chi connectivity index (χ2n) is 6.58. The number of methoxy groups -OCH3 is 2. The van der Waals surface area contributed by atoms with Gasteiger partial charge in [-0.1, -0.05) is 0 Å². The van der Waals surface area contributed by atoms with Gasteiger partial charge in [-0.05, 0) is 24.3 Å². The fourth-order valence-electron chi connectivity index (χ4n) is 3.39. The van der Waals surface area contributed by atoms with Crippen molar-refractivity contribution in [1.29, 1.82) is 0 Å². The maximum Gasteiger partial charge on any atom is 0.244 e. The van der Waals surface area contributed by atoms with Gasteiger partial charge in [0, 0.05) is 44.6 Å². The third-order valence-corrected chi connectivity index (χ3v) is 6.40. The largest absolute Gasteiger partial charge is 0.497 e. The number of sulfonamides is 1. The number of aromatic nitrogens is 1. The summed E-state index contributed by atoms with van der Waals surface area (Å²) in [6.07, 6.45) is 1.96. The van der Waals surface area contributed by atoms with Crippen molar-refractivity contribution >= 4 is 10.0 Å². The molecule has 28 heavy (non-hydrogen) atoms. The van der Waals surface area contributed by atoms with Crippen LogP contribution in [0.25, 0.3) is 0 Å². The average Bonchev–Trinajstić information content (AvgIpc) is 3.14. The minimum Gasteiger partial charge on any atom is -0.497 e. The molecule has 0 aliphatic carbocycles. The van der Waals surface area contributed by atoms with E-state index in [0.29, 0.717) is 19.0 Å². The highest BCUT2D eigenvalue weighted by molar-refractivity contribution is 7.89. The summed E-state index contributed by atoms with van der Waals surface area (Å²) in [5, 5.41) is 0. The SMILES string of the molecule is COc1ccc(S(=O)(=O)NCC(c2cccn2C)N2CCOCC2)c(OC)c1. The van der Waals surface area contributed by atoms with Crippen LogP contribution in [-0.4, -0.2) is 65.0 Å². The van der Waals surface area contributed by atoms with Crippen LogP contribution in [0.2, 0.25) is 0 Å². The minimum absolute atomic E-state index is 0.0865. The highest BCUT2D eigenvalue weighted by atomic mass is 32.2. The van der Waals surface area contributed by atoms with Crippen LogP contribution in [0.1, 0.15) is 11.7 Å². The lowest BCUT2D eigenvalue weighted by Crippen LogP contribution is -2.44. The third-order valence-electron chi connectivity index (χ3n) is 4.94. The summed E-state index contributed by atoms with van der Waals surface area (Å²) >= 11 is 0. The third kappa shape index (κ3) is 4.49. The minimum atomic E-state index is -3.76. The molecule has 0 saturated carbocycles. The van der Waals surface area contributed by atoms with Crippen LogP contribution in [0.3, 0.4) is 0 Å². The number of hydrogen-bond donors (Lipinski definition) is 1. The zero-order valence-corrected chi connectivity index (χ0v) is 17.2. The van der Waals surface area contributed by atoms with Crippen molar-refractivity contribution in [3.05, 3.63) is 42.2 Å². The predicted octanol–water partition coefficient (Wildman–Crippen LogP) is 1.39. The van der Waals surface area contributed by atoms with Gasteiger partial charge in [0.2, 0.25) is 10.0 Å². The van der Waals surface area contributed by atoms with E-state index in [0.717, 1.165) is 18.8 Å². The molecule has 0 spiro atoms. The molecule has 154 valence electrons. The molecule has 3 rings (SSSR count). The number of morpholine rings is 1. The molecule has 1 aliphatic heterocycles. The average molecular weight is 410 g/mol. The van der Waals surface area contributed by atoms with E-state index >= 15 is 0 Å². The second-order valence-corrected chi connectivity index (χ2v) is 8.31. The summed E-state index contributed by atoms with van der Waals surface area (Å²) in [6, 6.07) is 8.54. The van der Waals surface area contributed by atoms with Crippen LogP contribution in [0.15, 0.2) is 41.4 Å². The van der Waals surface area contributed by atoms with Crippen molar-refractivity contribution in [3.8, 4) is 11.5 Å². The van der Waals surface area contributed by atoms with Crippen molar-refractivity contribution in [2.45, 2.75) is 10.9 Å². The molecule has 2 heterocycles. The Balaban J connectivity index is 1.83. The summed E-state index contributed by atoms with van der Waals surface area (Å²) in [6.45, 7) is 3.03. The summed E-state index contributed by atoms with van der Waals surface area (Å²) < 4.78 is 46.6. The van der Waals surface area contributed by atoms with Crippen LogP contribution >= 0.6 is 0 Å². The Kier molecular flexibility index (Phi) is 6.61. The molecule has 1 aromatic carbocycles. The van der Waals surface area contributed by atoms with Crippen LogP contribution in [-0.2, 0) is 21.8 Å². The molecule has 1 N–H and O–H groups in total. The smallest absolute Gasteiger partial charge is 0.244 e. The molecular weight excluding hydrogens is 382 g/mol. The summed E-state index contributed by atoms with van der Waals surface area (Å²) in [7, 11) is 1.16. The van der Waals surface area contributed by atoms with Crippen molar-refractivity contribution in [3.63, 3.8) is 0 Å². The lowest BCUT2D eigenvalue weighted by atomic mass is 10.1. The van der Waals surface area contributed by atoms with Crippen LogP contribution in [0, 0.1) is 0 Å². The first-order chi connectivity index (χ1) is 13.5. The van der Waals surface area contributed by atoms with Crippen LogP contribution in [0.5, 0.6) is 11.5 Å². The first-order valence-electron chi connectivity index (χ1n) is 9.11.